The van der Waals surface area contributed by atoms with Crippen LogP contribution in [0.1, 0.15) is 38.7 Å². The van der Waals surface area contributed by atoms with E-state index >= 15 is 0 Å². The molecule has 1 atom stereocenters. The van der Waals surface area contributed by atoms with E-state index in [1.54, 1.807) is 0 Å². The zero-order valence-electron chi connectivity index (χ0n) is 16.5. The molecule has 5 nitrogen and oxygen atoms in total. The van der Waals surface area contributed by atoms with E-state index in [9.17, 15) is 0 Å². The van der Waals surface area contributed by atoms with Crippen molar-refractivity contribution in [3.8, 4) is 18.1 Å². The van der Waals surface area contributed by atoms with Crippen molar-refractivity contribution < 1.29 is 9.84 Å². The van der Waals surface area contributed by atoms with Gasteiger partial charge in [-0.25, -0.2) is 0 Å². The molecule has 0 saturated carbocycles. The van der Waals surface area contributed by atoms with Crippen molar-refractivity contribution in [2.75, 3.05) is 32.8 Å². The van der Waals surface area contributed by atoms with Gasteiger partial charge in [0.05, 0.1) is 0 Å². The van der Waals surface area contributed by atoms with Crippen molar-refractivity contribution in [2.24, 2.45) is 10.9 Å². The number of hydrogen-bond acceptors (Lipinski definition) is 3. The third-order valence-corrected chi connectivity index (χ3v) is 4.04. The Morgan fingerprint density at radius 1 is 1.22 bits per heavy atom. The maximum absolute atomic E-state index is 9.17. The monoisotopic (exact) mass is 487 g/mol. The molecule has 1 aromatic carbocycles. The quantitative estimate of drug-likeness (QED) is 0.183. The van der Waals surface area contributed by atoms with Crippen LogP contribution in [0.25, 0.3) is 0 Å². The van der Waals surface area contributed by atoms with Gasteiger partial charge in [-0.3, -0.25) is 4.99 Å². The van der Waals surface area contributed by atoms with E-state index in [2.05, 4.69) is 47.5 Å². The fourth-order valence-corrected chi connectivity index (χ4v) is 2.68. The van der Waals surface area contributed by atoms with Crippen LogP contribution in [-0.2, 0) is 6.42 Å². The third kappa shape index (κ3) is 11.8. The van der Waals surface area contributed by atoms with Gasteiger partial charge in [0.2, 0.25) is 0 Å². The summed E-state index contributed by atoms with van der Waals surface area (Å²) in [5.41, 5.74) is 1.23. The number of hydrogen-bond donors (Lipinski definition) is 3. The lowest BCUT2D eigenvalue weighted by Crippen LogP contribution is -2.38. The lowest BCUT2D eigenvalue weighted by atomic mass is 10.0. The summed E-state index contributed by atoms with van der Waals surface area (Å²) >= 11 is 0. The highest BCUT2D eigenvalue weighted by Crippen LogP contribution is 2.12. The minimum absolute atomic E-state index is 0. The van der Waals surface area contributed by atoms with Gasteiger partial charge >= 0.3 is 0 Å². The van der Waals surface area contributed by atoms with Gasteiger partial charge < -0.3 is 20.5 Å². The summed E-state index contributed by atoms with van der Waals surface area (Å²) in [4.78, 5) is 4.67. The fourth-order valence-electron chi connectivity index (χ4n) is 2.68. The Balaban J connectivity index is 0.00000676. The second kappa shape index (κ2) is 16.7. The zero-order chi connectivity index (χ0) is 19.0. The van der Waals surface area contributed by atoms with E-state index in [0.717, 1.165) is 57.0 Å². The van der Waals surface area contributed by atoms with Crippen molar-refractivity contribution >= 4 is 29.9 Å². The number of guanidine groups is 1. The van der Waals surface area contributed by atoms with E-state index in [-0.39, 0.29) is 30.6 Å². The summed E-state index contributed by atoms with van der Waals surface area (Å²) in [6.07, 6.45) is 9.11. The molecule has 0 aliphatic heterocycles. The van der Waals surface area contributed by atoms with Gasteiger partial charge in [-0.05, 0) is 49.8 Å². The highest BCUT2D eigenvalue weighted by molar-refractivity contribution is 14.0. The van der Waals surface area contributed by atoms with Crippen LogP contribution >= 0.6 is 24.0 Å². The highest BCUT2D eigenvalue weighted by Gasteiger charge is 2.07. The molecular weight excluding hydrogens is 453 g/mol. The van der Waals surface area contributed by atoms with Crippen molar-refractivity contribution in [3.05, 3.63) is 29.8 Å². The molecule has 0 saturated heterocycles. The molecule has 3 N–H and O–H groups in total. The minimum atomic E-state index is 0. The fraction of sp³-hybridized carbons (Fsp3) is 0.571. The summed E-state index contributed by atoms with van der Waals surface area (Å²) in [5.74, 6) is 4.53. The number of rotatable bonds is 12. The lowest BCUT2D eigenvalue weighted by Gasteiger charge is -2.15. The zero-order valence-corrected chi connectivity index (χ0v) is 18.9. The van der Waals surface area contributed by atoms with Crippen LogP contribution in [0.5, 0.6) is 5.75 Å². The van der Waals surface area contributed by atoms with Crippen molar-refractivity contribution in [3.63, 3.8) is 0 Å². The van der Waals surface area contributed by atoms with Crippen molar-refractivity contribution in [2.45, 2.75) is 39.5 Å². The van der Waals surface area contributed by atoms with Gasteiger partial charge in [-0.1, -0.05) is 31.4 Å². The standard InChI is InChI=1S/C21H33N3O2.HI/c1-4-7-19(13-15-25)17-24-21(22-6-3)23-14-12-18-8-10-20(11-9-18)26-16-5-2;/h2,8-11,19,25H,4,6-7,12-17H2,1,3H3,(H2,22,23,24);1H. The molecule has 152 valence electrons. The van der Waals surface area contributed by atoms with Crippen LogP contribution in [0.2, 0.25) is 0 Å². The first-order valence-electron chi connectivity index (χ1n) is 9.51. The Kier molecular flexibility index (Phi) is 15.8. The topological polar surface area (TPSA) is 65.9 Å². The van der Waals surface area contributed by atoms with Crippen LogP contribution in [0.3, 0.4) is 0 Å². The summed E-state index contributed by atoms with van der Waals surface area (Å²) in [6, 6.07) is 7.98. The van der Waals surface area contributed by atoms with E-state index < -0.39 is 0 Å². The second-order valence-corrected chi connectivity index (χ2v) is 6.20. The number of aliphatic hydroxyl groups is 1. The number of aliphatic imine (C=N–C) groups is 1. The number of benzene rings is 1. The molecule has 0 amide bonds. The molecule has 6 heteroatoms. The molecule has 0 heterocycles. The number of nitrogens with zero attached hydrogens (tertiary/aromatic N) is 1. The predicted molar refractivity (Wildman–Crippen MR) is 124 cm³/mol. The molecular formula is C21H34IN3O2. The van der Waals surface area contributed by atoms with Crippen LogP contribution in [0, 0.1) is 18.3 Å². The highest BCUT2D eigenvalue weighted by atomic mass is 127. The molecule has 0 aromatic heterocycles. The Morgan fingerprint density at radius 3 is 2.56 bits per heavy atom. The molecule has 0 bridgehead atoms. The molecule has 1 aromatic rings. The van der Waals surface area contributed by atoms with Crippen molar-refractivity contribution in [1.29, 1.82) is 0 Å². The maximum Gasteiger partial charge on any atom is 0.191 e. The van der Waals surface area contributed by atoms with Gasteiger partial charge in [-0.2, -0.15) is 0 Å². The normalized spacial score (nSPS) is 11.9. The van der Waals surface area contributed by atoms with Gasteiger partial charge in [0.1, 0.15) is 12.4 Å². The molecule has 0 radical (unpaired) electrons. The van der Waals surface area contributed by atoms with Gasteiger partial charge in [-0.15, -0.1) is 30.4 Å². The first kappa shape index (κ1) is 25.5. The molecule has 0 aliphatic carbocycles. The third-order valence-electron chi connectivity index (χ3n) is 4.04. The summed E-state index contributed by atoms with van der Waals surface area (Å²) in [7, 11) is 0. The molecule has 0 aliphatic rings. The molecule has 1 unspecified atom stereocenters. The first-order chi connectivity index (χ1) is 12.7. The Morgan fingerprint density at radius 2 is 1.96 bits per heavy atom. The van der Waals surface area contributed by atoms with Crippen LogP contribution in [-0.4, -0.2) is 43.9 Å². The van der Waals surface area contributed by atoms with Gasteiger partial charge in [0.25, 0.3) is 0 Å². The average Bonchev–Trinajstić information content (AvgIpc) is 2.65. The van der Waals surface area contributed by atoms with Crippen LogP contribution < -0.4 is 15.4 Å². The van der Waals surface area contributed by atoms with Gasteiger partial charge in [0.15, 0.2) is 5.96 Å². The van der Waals surface area contributed by atoms with E-state index in [4.69, 9.17) is 16.3 Å². The van der Waals surface area contributed by atoms with E-state index in [1.807, 2.05) is 12.1 Å². The largest absolute Gasteiger partial charge is 0.481 e. The number of terminal acetylenes is 1. The number of nitrogens with one attached hydrogen (secondary N) is 2. The number of ether oxygens (including phenoxy) is 1. The van der Waals surface area contributed by atoms with Gasteiger partial charge in [0, 0.05) is 26.2 Å². The summed E-state index contributed by atoms with van der Waals surface area (Å²) in [6.45, 7) is 7.11. The number of aliphatic hydroxyl groups excluding tert-OH is 1. The molecule has 0 spiro atoms. The second-order valence-electron chi connectivity index (χ2n) is 6.20. The average molecular weight is 487 g/mol. The van der Waals surface area contributed by atoms with E-state index in [0.29, 0.717) is 12.5 Å². The van der Waals surface area contributed by atoms with E-state index in [1.165, 1.54) is 5.56 Å². The Labute approximate surface area is 181 Å². The maximum atomic E-state index is 9.17. The molecule has 0 fully saturated rings. The van der Waals surface area contributed by atoms with Crippen LogP contribution in [0.15, 0.2) is 29.3 Å². The minimum Gasteiger partial charge on any atom is -0.481 e. The molecule has 1 rings (SSSR count). The summed E-state index contributed by atoms with van der Waals surface area (Å²) < 4.78 is 5.38. The number of halogens is 1. The SMILES string of the molecule is C#CCOc1ccc(CCNC(=NCC(CCC)CCO)NCC)cc1.I. The van der Waals surface area contributed by atoms with Crippen molar-refractivity contribution in [1.82, 2.24) is 10.6 Å². The first-order valence-corrected chi connectivity index (χ1v) is 9.51. The molecule has 27 heavy (non-hydrogen) atoms. The predicted octanol–water partition coefficient (Wildman–Crippen LogP) is 3.21. The Bertz CT molecular complexity index is 550. The lowest BCUT2D eigenvalue weighted by molar-refractivity contribution is 0.253. The van der Waals surface area contributed by atoms with Crippen LogP contribution in [0.4, 0.5) is 0 Å². The Hall–Kier alpha value is -1.46. The smallest absolute Gasteiger partial charge is 0.191 e. The summed E-state index contributed by atoms with van der Waals surface area (Å²) in [5, 5.41) is 15.8.